The zero-order valence-electron chi connectivity index (χ0n) is 44.3. The molecule has 0 unspecified atom stereocenters. The molecule has 0 nitrogen and oxygen atoms in total. The average molecular weight is 1110 g/mol. The summed E-state index contributed by atoms with van der Waals surface area (Å²) in [4.78, 5) is 0. The molecule has 12 rings (SSSR count). The Balaban J connectivity index is 0.000000168. The summed E-state index contributed by atoms with van der Waals surface area (Å²) in [6.45, 7) is 24.7. The molecule has 0 saturated carbocycles. The van der Waals surface area contributed by atoms with Crippen LogP contribution in [0.4, 0.5) is 0 Å². The van der Waals surface area contributed by atoms with Crippen molar-refractivity contribution in [2.24, 2.45) is 0 Å². The molecule has 0 aromatic heterocycles. The van der Waals surface area contributed by atoms with Crippen molar-refractivity contribution in [3.8, 4) is 66.8 Å². The first-order valence-corrected chi connectivity index (χ1v) is 26.1. The molecule has 0 saturated heterocycles. The van der Waals surface area contributed by atoms with Crippen molar-refractivity contribution < 1.29 is 25.8 Å². The topological polar surface area (TPSA) is 0 Å². The molecule has 0 bridgehead atoms. The molecule has 0 N–H and O–H groups in total. The van der Waals surface area contributed by atoms with Gasteiger partial charge in [-0.15, -0.1) is 58.7 Å². The fourth-order valence-electron chi connectivity index (χ4n) is 11.1. The van der Waals surface area contributed by atoms with Crippen molar-refractivity contribution in [3.05, 3.63) is 251 Å². The van der Waals surface area contributed by atoms with Gasteiger partial charge in [-0.05, 0) is 115 Å². The molecule has 0 heterocycles. The SMILES string of the molecule is Cc1cc(C)c(-c2[c-]c3c(cc2)-c2ccc(-c4c(C)cc(C)cc4C)cc2C3)c(C)c1.[CH2-]CCC.[CH2-]CCC.[Hf+4].[c-]1c(-c2cccc3ccccc23)ccc2c1Cc1cc(-c3cccc4ccccc34)ccc1-2. The first kappa shape index (κ1) is 52.9. The summed E-state index contributed by atoms with van der Waals surface area (Å²) in [5, 5.41) is 5.14. The number of benzene rings is 10. The second-order valence-corrected chi connectivity index (χ2v) is 19.9. The average Bonchev–Trinajstić information content (AvgIpc) is 3.94. The molecule has 0 spiro atoms. The summed E-state index contributed by atoms with van der Waals surface area (Å²) in [7, 11) is 0. The van der Waals surface area contributed by atoms with Crippen LogP contribution in [0.3, 0.4) is 0 Å². The van der Waals surface area contributed by atoms with Crippen LogP contribution in [0.25, 0.3) is 88.3 Å². The number of unbranched alkanes of at least 4 members (excludes halogenated alkanes) is 2. The third-order valence-corrected chi connectivity index (χ3v) is 14.4. The quantitative estimate of drug-likeness (QED) is 0.115. The third kappa shape index (κ3) is 11.2. The standard InChI is InChI=1S/C33H21.C31H29.2C4H9.Hf/c1-3-11-28-22(7-1)9-5-13-30(28)24-15-17-32-26(19-24)21-27-20-25(16-18-33(27)32)31-14-6-10-23-8-2-4-12-29(23)31;1-18-11-20(3)30(21(4)12-18)24-7-9-28-26(15-24)17-27-16-25(8-10-29(27)28)31-22(5)13-19(2)14-23(31)6;2*1-3-4-2;/h1-19H,21H2;7-15H,17H2,1-6H3;2*1,3-4H2,2H3;/q4*-1;+4. The largest absolute Gasteiger partial charge is 4.00 e. The summed E-state index contributed by atoms with van der Waals surface area (Å²) < 4.78 is 0. The molecule has 10 aromatic rings. The van der Waals surface area contributed by atoms with Crippen molar-refractivity contribution in [3.63, 3.8) is 0 Å². The zero-order chi connectivity index (χ0) is 50.5. The van der Waals surface area contributed by atoms with Crippen LogP contribution < -0.4 is 0 Å². The van der Waals surface area contributed by atoms with E-state index in [1.165, 1.54) is 157 Å². The predicted molar refractivity (Wildman–Crippen MR) is 313 cm³/mol. The molecule has 10 aromatic carbocycles. The molecule has 73 heavy (non-hydrogen) atoms. The Labute approximate surface area is 456 Å². The Kier molecular flexibility index (Phi) is 17.1. The second kappa shape index (κ2) is 23.6. The van der Waals surface area contributed by atoms with Crippen LogP contribution in [0, 0.1) is 67.5 Å². The molecule has 360 valence electrons. The van der Waals surface area contributed by atoms with Crippen molar-refractivity contribution >= 4 is 21.5 Å². The molecule has 2 aliphatic rings. The molecular weight excluding hydrogens is 1040 g/mol. The summed E-state index contributed by atoms with van der Waals surface area (Å²) in [6, 6.07) is 70.0. The molecule has 0 fully saturated rings. The van der Waals surface area contributed by atoms with Crippen LogP contribution in [0.1, 0.15) is 95.2 Å². The summed E-state index contributed by atoms with van der Waals surface area (Å²) in [5.41, 5.74) is 29.1. The third-order valence-electron chi connectivity index (χ3n) is 14.4. The zero-order valence-corrected chi connectivity index (χ0v) is 47.9. The van der Waals surface area contributed by atoms with Gasteiger partial charge in [0.05, 0.1) is 0 Å². The van der Waals surface area contributed by atoms with Gasteiger partial charge in [-0.1, -0.05) is 233 Å². The second-order valence-electron chi connectivity index (χ2n) is 19.9. The minimum atomic E-state index is 0. The summed E-state index contributed by atoms with van der Waals surface area (Å²) >= 11 is 0. The maximum Gasteiger partial charge on any atom is 4.00 e. The molecule has 0 radical (unpaired) electrons. The Morgan fingerprint density at radius 1 is 0.384 bits per heavy atom. The van der Waals surface area contributed by atoms with E-state index in [1.807, 2.05) is 0 Å². The fraction of sp³-hybridized carbons (Fsp3) is 0.194. The van der Waals surface area contributed by atoms with Crippen LogP contribution >= 0.6 is 0 Å². The first-order chi connectivity index (χ1) is 35.0. The van der Waals surface area contributed by atoms with E-state index in [4.69, 9.17) is 0 Å². The minimum absolute atomic E-state index is 0. The molecule has 0 atom stereocenters. The Morgan fingerprint density at radius 3 is 1.30 bits per heavy atom. The molecule has 2 aliphatic carbocycles. The van der Waals surface area contributed by atoms with Crippen molar-refractivity contribution in [2.75, 3.05) is 0 Å². The van der Waals surface area contributed by atoms with Crippen LogP contribution in [0.15, 0.2) is 170 Å². The van der Waals surface area contributed by atoms with E-state index in [0.717, 1.165) is 25.7 Å². The number of fused-ring (bicyclic) bond motifs is 8. The summed E-state index contributed by atoms with van der Waals surface area (Å²) in [5.74, 6) is 0. The van der Waals surface area contributed by atoms with E-state index in [2.05, 4.69) is 251 Å². The molecular formula is C72H68Hf. The number of aryl methyl sites for hydroxylation is 6. The number of hydrogen-bond donors (Lipinski definition) is 0. The van der Waals surface area contributed by atoms with Crippen LogP contribution in [-0.2, 0) is 38.7 Å². The normalized spacial score (nSPS) is 11.4. The number of hydrogen-bond acceptors (Lipinski definition) is 0. The first-order valence-electron chi connectivity index (χ1n) is 26.1. The fourth-order valence-corrected chi connectivity index (χ4v) is 11.1. The van der Waals surface area contributed by atoms with E-state index in [0.29, 0.717) is 0 Å². The molecule has 0 aliphatic heterocycles. The summed E-state index contributed by atoms with van der Waals surface area (Å²) in [6.07, 6.45) is 6.45. The maximum atomic E-state index is 3.78. The van der Waals surface area contributed by atoms with Gasteiger partial charge in [0.1, 0.15) is 0 Å². The van der Waals surface area contributed by atoms with Crippen LogP contribution in [0.5, 0.6) is 0 Å². The van der Waals surface area contributed by atoms with Gasteiger partial charge in [-0.25, -0.2) is 0 Å². The van der Waals surface area contributed by atoms with Crippen LogP contribution in [0.2, 0.25) is 0 Å². The van der Waals surface area contributed by atoms with Crippen LogP contribution in [-0.4, -0.2) is 0 Å². The van der Waals surface area contributed by atoms with Gasteiger partial charge in [0.2, 0.25) is 0 Å². The maximum absolute atomic E-state index is 3.78. The van der Waals surface area contributed by atoms with Gasteiger partial charge in [-0.3, -0.25) is 0 Å². The van der Waals surface area contributed by atoms with E-state index in [-0.39, 0.29) is 25.8 Å². The predicted octanol–water partition coefficient (Wildman–Crippen LogP) is 20.2. The van der Waals surface area contributed by atoms with Gasteiger partial charge in [0, 0.05) is 0 Å². The van der Waals surface area contributed by atoms with Gasteiger partial charge >= 0.3 is 25.8 Å². The van der Waals surface area contributed by atoms with Gasteiger partial charge in [0.15, 0.2) is 0 Å². The van der Waals surface area contributed by atoms with Crippen molar-refractivity contribution in [1.82, 2.24) is 0 Å². The minimum Gasteiger partial charge on any atom is -0.343 e. The van der Waals surface area contributed by atoms with E-state index in [9.17, 15) is 0 Å². The molecule has 1 heteroatoms. The molecule has 0 amide bonds. The van der Waals surface area contributed by atoms with Crippen molar-refractivity contribution in [2.45, 2.75) is 93.9 Å². The smallest absolute Gasteiger partial charge is 0.343 e. The monoisotopic (exact) mass is 1110 g/mol. The van der Waals surface area contributed by atoms with E-state index >= 15 is 0 Å². The van der Waals surface area contributed by atoms with Crippen molar-refractivity contribution in [1.29, 1.82) is 0 Å². The van der Waals surface area contributed by atoms with Gasteiger partial charge in [-0.2, -0.15) is 12.8 Å². The Bertz CT molecular complexity index is 3290. The van der Waals surface area contributed by atoms with Gasteiger partial charge < -0.3 is 13.8 Å². The Morgan fingerprint density at radius 2 is 0.781 bits per heavy atom. The van der Waals surface area contributed by atoms with Gasteiger partial charge in [0.25, 0.3) is 0 Å². The number of rotatable bonds is 6. The van der Waals surface area contributed by atoms with E-state index in [1.54, 1.807) is 0 Å². The Hall–Kier alpha value is -6.41. The van der Waals surface area contributed by atoms with E-state index < -0.39 is 0 Å².